The lowest BCUT2D eigenvalue weighted by atomic mass is 9.47. The number of fused-ring (bicyclic) bond motifs is 5. The molecule has 0 unspecified atom stereocenters. The minimum absolute atomic E-state index is 0.145. The van der Waals surface area contributed by atoms with Crippen LogP contribution in [0, 0.1) is 34.5 Å². The lowest BCUT2D eigenvalue weighted by molar-refractivity contribution is -0.139. The molecule has 0 spiro atoms. The molecule has 4 aliphatic rings. The van der Waals surface area contributed by atoms with Gasteiger partial charge in [-0.3, -0.25) is 4.79 Å². The van der Waals surface area contributed by atoms with Crippen molar-refractivity contribution in [2.24, 2.45) is 34.5 Å². The Hall–Kier alpha value is -0.900. The fourth-order valence-electron chi connectivity index (χ4n) is 9.72. The second-order valence-electron chi connectivity index (χ2n) is 14.7. The normalized spacial score (nSPS) is 35.6. The van der Waals surface area contributed by atoms with E-state index in [1.54, 1.807) is 0 Å². The summed E-state index contributed by atoms with van der Waals surface area (Å²) >= 11 is 6.10. The van der Waals surface area contributed by atoms with Gasteiger partial charge in [0.1, 0.15) is 0 Å². The third-order valence-electron chi connectivity index (χ3n) is 12.2. The van der Waals surface area contributed by atoms with E-state index < -0.39 is 0 Å². The Labute approximate surface area is 246 Å². The number of unbranched alkanes of at least 4 members (excludes halogenated alkanes) is 8. The van der Waals surface area contributed by atoms with Crippen LogP contribution in [-0.4, -0.2) is 46.4 Å². The summed E-state index contributed by atoms with van der Waals surface area (Å²) in [5.41, 5.74) is 0.580. The number of rotatable bonds is 13. The summed E-state index contributed by atoms with van der Waals surface area (Å²) in [6, 6.07) is 0.873. The van der Waals surface area contributed by atoms with Crippen molar-refractivity contribution < 1.29 is 4.79 Å². The number of hydrogen-bond acceptors (Lipinski definition) is 2. The van der Waals surface area contributed by atoms with Crippen molar-refractivity contribution in [1.29, 1.82) is 0 Å². The largest absolute Gasteiger partial charge is 0.363 e. The van der Waals surface area contributed by atoms with Crippen LogP contribution in [0.3, 0.4) is 0 Å². The Morgan fingerprint density at radius 3 is 2.31 bits per heavy atom. The third-order valence-corrected chi connectivity index (χ3v) is 12.6. The van der Waals surface area contributed by atoms with Crippen LogP contribution in [0.5, 0.6) is 0 Å². The highest BCUT2D eigenvalue weighted by Gasteiger charge is 2.60. The molecule has 1 aliphatic heterocycles. The summed E-state index contributed by atoms with van der Waals surface area (Å²) in [5, 5.41) is 0. The van der Waals surface area contributed by atoms with E-state index in [-0.39, 0.29) is 11.3 Å². The molecule has 39 heavy (non-hydrogen) atoms. The minimum atomic E-state index is 0.145. The van der Waals surface area contributed by atoms with E-state index in [2.05, 4.69) is 50.5 Å². The fourth-order valence-corrected chi connectivity index (χ4v) is 10.1. The summed E-state index contributed by atoms with van der Waals surface area (Å²) in [7, 11) is 2.03. The number of carbonyl (C=O) groups excluding carboxylic acids is 1. The summed E-state index contributed by atoms with van der Waals surface area (Å²) in [6.07, 6.45) is 25.5. The molecule has 222 valence electrons. The van der Waals surface area contributed by atoms with Crippen LogP contribution in [-0.2, 0) is 4.79 Å². The van der Waals surface area contributed by atoms with Gasteiger partial charge in [-0.05, 0) is 100 Å². The Balaban J connectivity index is 1.31. The van der Waals surface area contributed by atoms with E-state index in [0.29, 0.717) is 23.4 Å². The lowest BCUT2D eigenvalue weighted by Crippen LogP contribution is -2.59. The molecule has 0 N–H and O–H groups in total. The maximum atomic E-state index is 12.4. The van der Waals surface area contributed by atoms with Gasteiger partial charge >= 0.3 is 0 Å². The smallest absolute Gasteiger partial charge is 0.246 e. The van der Waals surface area contributed by atoms with Gasteiger partial charge in [-0.1, -0.05) is 90.4 Å². The predicted molar refractivity (Wildman–Crippen MR) is 170 cm³/mol. The van der Waals surface area contributed by atoms with Crippen molar-refractivity contribution in [3.05, 3.63) is 12.2 Å². The SMILES string of the molecule is CCCCCCCCCCCC(=S)N(C[C@H]1CC[C@H]2[C@@H]3CC[C@H]4N(C)C(=O)C=C[C@]4(C)[C@H]3CC[C@]12C)C(C)C. The first-order valence-corrected chi connectivity index (χ1v) is 17.3. The van der Waals surface area contributed by atoms with Crippen LogP contribution >= 0.6 is 12.2 Å². The molecular formula is C35H60N2OS. The van der Waals surface area contributed by atoms with Crippen LogP contribution in [0.2, 0.25) is 0 Å². The Morgan fingerprint density at radius 1 is 0.974 bits per heavy atom. The molecule has 3 aliphatic carbocycles. The van der Waals surface area contributed by atoms with Gasteiger partial charge in [0.25, 0.3) is 0 Å². The highest BCUT2D eigenvalue weighted by atomic mass is 32.1. The average molecular weight is 557 g/mol. The first-order chi connectivity index (χ1) is 18.6. The zero-order chi connectivity index (χ0) is 28.2. The Morgan fingerprint density at radius 2 is 1.64 bits per heavy atom. The molecule has 7 atom stereocenters. The number of likely N-dealkylation sites (N-methyl/N-ethyl adjacent to an activating group) is 1. The second kappa shape index (κ2) is 13.4. The van der Waals surface area contributed by atoms with E-state index >= 15 is 0 Å². The number of carbonyl (C=O) groups is 1. The molecule has 0 aromatic rings. The van der Waals surface area contributed by atoms with E-state index in [1.807, 2.05) is 13.1 Å². The maximum Gasteiger partial charge on any atom is 0.246 e. The topological polar surface area (TPSA) is 23.6 Å². The molecule has 0 aromatic carbocycles. The van der Waals surface area contributed by atoms with Gasteiger partial charge in [-0.2, -0.15) is 0 Å². The molecule has 0 bridgehead atoms. The summed E-state index contributed by atoms with van der Waals surface area (Å²) in [4.78, 5) is 18.3. The summed E-state index contributed by atoms with van der Waals surface area (Å²) in [5.74, 6) is 3.31. The zero-order valence-electron chi connectivity index (χ0n) is 26.4. The van der Waals surface area contributed by atoms with Crippen molar-refractivity contribution >= 4 is 23.1 Å². The highest BCUT2D eigenvalue weighted by molar-refractivity contribution is 7.80. The molecule has 0 radical (unpaired) electrons. The number of amides is 1. The average Bonchev–Trinajstić information content (AvgIpc) is 3.24. The molecule has 1 heterocycles. The molecule has 1 amide bonds. The second-order valence-corrected chi connectivity index (χ2v) is 15.1. The molecule has 3 fully saturated rings. The van der Waals surface area contributed by atoms with Crippen LogP contribution < -0.4 is 0 Å². The first kappa shape index (κ1) is 31.0. The Kier molecular flexibility index (Phi) is 10.7. The number of thiocarbonyl (C=S) groups is 1. The molecule has 0 saturated heterocycles. The predicted octanol–water partition coefficient (Wildman–Crippen LogP) is 9.20. The van der Waals surface area contributed by atoms with E-state index in [1.165, 1.54) is 101 Å². The van der Waals surface area contributed by atoms with Crippen LogP contribution in [0.4, 0.5) is 0 Å². The Bertz CT molecular complexity index is 869. The monoisotopic (exact) mass is 556 g/mol. The van der Waals surface area contributed by atoms with Crippen LogP contribution in [0.25, 0.3) is 0 Å². The van der Waals surface area contributed by atoms with Gasteiger partial charge < -0.3 is 9.80 Å². The van der Waals surface area contributed by atoms with Crippen molar-refractivity contribution in [1.82, 2.24) is 9.80 Å². The molecule has 4 heteroatoms. The van der Waals surface area contributed by atoms with Gasteiger partial charge in [0, 0.05) is 31.1 Å². The van der Waals surface area contributed by atoms with Crippen LogP contribution in [0.1, 0.15) is 137 Å². The highest BCUT2D eigenvalue weighted by Crippen LogP contribution is 2.65. The van der Waals surface area contributed by atoms with E-state index in [0.717, 1.165) is 30.7 Å². The van der Waals surface area contributed by atoms with Gasteiger partial charge in [0.15, 0.2) is 0 Å². The molecule has 3 nitrogen and oxygen atoms in total. The van der Waals surface area contributed by atoms with Crippen molar-refractivity contribution in [2.75, 3.05) is 13.6 Å². The van der Waals surface area contributed by atoms with Gasteiger partial charge in [0.05, 0.1) is 4.99 Å². The molecule has 4 rings (SSSR count). The molecule has 3 saturated carbocycles. The number of hydrogen-bond donors (Lipinski definition) is 0. The van der Waals surface area contributed by atoms with Crippen molar-refractivity contribution in [3.8, 4) is 0 Å². The van der Waals surface area contributed by atoms with E-state index in [9.17, 15) is 4.79 Å². The van der Waals surface area contributed by atoms with Crippen molar-refractivity contribution in [3.63, 3.8) is 0 Å². The molecule has 0 aromatic heterocycles. The van der Waals surface area contributed by atoms with E-state index in [4.69, 9.17) is 12.2 Å². The first-order valence-electron chi connectivity index (χ1n) is 16.9. The number of nitrogens with zero attached hydrogens (tertiary/aromatic N) is 2. The quantitative estimate of drug-likeness (QED) is 0.167. The van der Waals surface area contributed by atoms with Gasteiger partial charge in [-0.25, -0.2) is 0 Å². The summed E-state index contributed by atoms with van der Waals surface area (Å²) < 4.78 is 0. The third kappa shape index (κ3) is 6.46. The van der Waals surface area contributed by atoms with Gasteiger partial charge in [-0.15, -0.1) is 0 Å². The van der Waals surface area contributed by atoms with Crippen molar-refractivity contribution in [2.45, 2.75) is 149 Å². The van der Waals surface area contributed by atoms with Crippen LogP contribution in [0.15, 0.2) is 12.2 Å². The zero-order valence-corrected chi connectivity index (χ0v) is 27.2. The maximum absolute atomic E-state index is 12.4. The molecular weight excluding hydrogens is 496 g/mol. The standard InChI is InChI=1S/C35H60N2OS/c1-7-8-9-10-11-12-13-14-15-16-33(39)37(26(2)3)25-27-17-19-29-28-18-20-31-35(5,24-22-32(38)36(31)6)30(28)21-23-34(27,29)4/h22,24,26-31H,7-21,23,25H2,1-6H3/t27-,28+,29+,30+,31-,34-,35-/m1/s1. The van der Waals surface area contributed by atoms with Gasteiger partial charge in [0.2, 0.25) is 5.91 Å². The summed E-state index contributed by atoms with van der Waals surface area (Å²) in [6.45, 7) is 13.3. The lowest BCUT2D eigenvalue weighted by Gasteiger charge is -2.60. The fraction of sp³-hybridized carbons (Fsp3) is 0.886. The minimum Gasteiger partial charge on any atom is -0.363 e.